The zero-order chi connectivity index (χ0) is 16.5. The molecule has 0 saturated carbocycles. The monoisotopic (exact) mass is 337 g/mol. The molecule has 1 aromatic carbocycles. The summed E-state index contributed by atoms with van der Waals surface area (Å²) in [6.45, 7) is 6.02. The van der Waals surface area contributed by atoms with E-state index in [2.05, 4.69) is 28.7 Å². The molecule has 0 aliphatic carbocycles. The standard InChI is InChI=1S/C19H19N3OS/c1-2-9-22-17-8-4-3-7-16(17)20-19(22)14-11-18(23)21(12-14)13-15-6-5-10-24-15/h2-8,10,14H,1,9,11-13H2. The van der Waals surface area contributed by atoms with Gasteiger partial charge in [-0.25, -0.2) is 4.98 Å². The van der Waals surface area contributed by atoms with E-state index in [1.807, 2.05) is 35.2 Å². The van der Waals surface area contributed by atoms with Gasteiger partial charge in [0.15, 0.2) is 0 Å². The summed E-state index contributed by atoms with van der Waals surface area (Å²) in [4.78, 5) is 20.4. The first-order chi connectivity index (χ1) is 11.8. The van der Waals surface area contributed by atoms with Gasteiger partial charge in [0.05, 0.1) is 17.6 Å². The number of fused-ring (bicyclic) bond motifs is 1. The number of hydrogen-bond donors (Lipinski definition) is 0. The number of aromatic nitrogens is 2. The predicted octanol–water partition coefficient (Wildman–Crippen LogP) is 3.80. The number of rotatable bonds is 5. The molecule has 4 rings (SSSR count). The topological polar surface area (TPSA) is 38.1 Å². The van der Waals surface area contributed by atoms with Gasteiger partial charge in [0.1, 0.15) is 5.82 Å². The summed E-state index contributed by atoms with van der Waals surface area (Å²) in [5.74, 6) is 1.36. The van der Waals surface area contributed by atoms with Gasteiger partial charge in [0, 0.05) is 30.3 Å². The van der Waals surface area contributed by atoms with E-state index in [0.29, 0.717) is 19.5 Å². The minimum absolute atomic E-state index is 0.143. The molecule has 0 bridgehead atoms. The average Bonchev–Trinajstić information content (AvgIpc) is 3.29. The van der Waals surface area contributed by atoms with Crippen LogP contribution >= 0.6 is 11.3 Å². The number of thiophene rings is 1. The minimum Gasteiger partial charge on any atom is -0.337 e. The number of hydrogen-bond acceptors (Lipinski definition) is 3. The van der Waals surface area contributed by atoms with Crippen LogP contribution in [0.5, 0.6) is 0 Å². The maximum Gasteiger partial charge on any atom is 0.223 e. The number of para-hydroxylation sites is 2. The second-order valence-electron chi connectivity index (χ2n) is 6.11. The van der Waals surface area contributed by atoms with Crippen LogP contribution in [0.1, 0.15) is 23.0 Å². The van der Waals surface area contributed by atoms with Gasteiger partial charge in [0.25, 0.3) is 0 Å². The molecule has 1 saturated heterocycles. The average molecular weight is 337 g/mol. The Bertz CT molecular complexity index is 881. The lowest BCUT2D eigenvalue weighted by molar-refractivity contribution is -0.128. The van der Waals surface area contributed by atoms with Crippen molar-refractivity contribution in [3.63, 3.8) is 0 Å². The Labute approximate surface area is 145 Å². The third-order valence-electron chi connectivity index (χ3n) is 4.50. The van der Waals surface area contributed by atoms with Gasteiger partial charge in [0.2, 0.25) is 5.91 Å². The van der Waals surface area contributed by atoms with Crippen molar-refractivity contribution >= 4 is 28.3 Å². The third kappa shape index (κ3) is 2.65. The molecule has 1 unspecified atom stereocenters. The lowest BCUT2D eigenvalue weighted by Crippen LogP contribution is -2.24. The maximum absolute atomic E-state index is 12.4. The second kappa shape index (κ2) is 6.24. The van der Waals surface area contributed by atoms with Crippen LogP contribution in [0.4, 0.5) is 0 Å². The van der Waals surface area contributed by atoms with E-state index in [1.54, 1.807) is 11.3 Å². The Morgan fingerprint density at radius 1 is 1.29 bits per heavy atom. The van der Waals surface area contributed by atoms with E-state index in [-0.39, 0.29) is 11.8 Å². The summed E-state index contributed by atoms with van der Waals surface area (Å²) < 4.78 is 2.19. The molecule has 0 radical (unpaired) electrons. The van der Waals surface area contributed by atoms with Crippen molar-refractivity contribution in [2.24, 2.45) is 0 Å². The van der Waals surface area contributed by atoms with Gasteiger partial charge >= 0.3 is 0 Å². The number of nitrogens with zero attached hydrogens (tertiary/aromatic N) is 3. The Balaban J connectivity index is 1.64. The molecule has 1 amide bonds. The number of benzene rings is 1. The lowest BCUT2D eigenvalue weighted by Gasteiger charge is -2.16. The number of carbonyl (C=O) groups is 1. The number of allylic oxidation sites excluding steroid dienone is 1. The molecule has 0 N–H and O–H groups in total. The fourth-order valence-corrected chi connectivity index (χ4v) is 4.13. The molecule has 3 aromatic rings. The van der Waals surface area contributed by atoms with Crippen LogP contribution in [-0.4, -0.2) is 26.9 Å². The summed E-state index contributed by atoms with van der Waals surface area (Å²) >= 11 is 1.70. The molecule has 1 atom stereocenters. The fourth-order valence-electron chi connectivity index (χ4n) is 3.42. The normalized spacial score (nSPS) is 17.8. The van der Waals surface area contributed by atoms with Crippen LogP contribution in [0.2, 0.25) is 0 Å². The summed E-state index contributed by atoms with van der Waals surface area (Å²) in [5.41, 5.74) is 2.09. The van der Waals surface area contributed by atoms with E-state index in [0.717, 1.165) is 23.4 Å². The SMILES string of the molecule is C=CCn1c(C2CC(=O)N(Cc3cccs3)C2)nc2ccccc21. The first kappa shape index (κ1) is 15.1. The quantitative estimate of drug-likeness (QED) is 0.664. The van der Waals surface area contributed by atoms with Crippen molar-refractivity contribution in [2.45, 2.75) is 25.4 Å². The van der Waals surface area contributed by atoms with Crippen LogP contribution in [0.3, 0.4) is 0 Å². The Morgan fingerprint density at radius 3 is 2.96 bits per heavy atom. The van der Waals surface area contributed by atoms with Gasteiger partial charge in [-0.05, 0) is 23.6 Å². The molecule has 4 nitrogen and oxygen atoms in total. The molecular formula is C19H19N3OS. The number of likely N-dealkylation sites (tertiary alicyclic amines) is 1. The Kier molecular flexibility index (Phi) is 3.94. The highest BCUT2D eigenvalue weighted by Crippen LogP contribution is 2.31. The molecular weight excluding hydrogens is 318 g/mol. The van der Waals surface area contributed by atoms with Crippen molar-refractivity contribution in [1.82, 2.24) is 14.5 Å². The predicted molar refractivity (Wildman–Crippen MR) is 97.0 cm³/mol. The molecule has 24 heavy (non-hydrogen) atoms. The molecule has 0 spiro atoms. The van der Waals surface area contributed by atoms with Gasteiger partial charge < -0.3 is 9.47 Å². The number of carbonyl (C=O) groups excluding carboxylic acids is 1. The van der Waals surface area contributed by atoms with Crippen LogP contribution in [0.15, 0.2) is 54.4 Å². The van der Waals surface area contributed by atoms with Crippen LogP contribution in [0.25, 0.3) is 11.0 Å². The first-order valence-corrected chi connectivity index (χ1v) is 9.00. The molecule has 2 aromatic heterocycles. The van der Waals surface area contributed by atoms with Crippen LogP contribution in [0, 0.1) is 0 Å². The molecule has 122 valence electrons. The van der Waals surface area contributed by atoms with E-state index in [9.17, 15) is 4.79 Å². The van der Waals surface area contributed by atoms with E-state index < -0.39 is 0 Å². The van der Waals surface area contributed by atoms with E-state index in [4.69, 9.17) is 4.98 Å². The second-order valence-corrected chi connectivity index (χ2v) is 7.14. The lowest BCUT2D eigenvalue weighted by atomic mass is 10.1. The highest BCUT2D eigenvalue weighted by molar-refractivity contribution is 7.09. The van der Waals surface area contributed by atoms with Crippen molar-refractivity contribution < 1.29 is 4.79 Å². The fraction of sp³-hybridized carbons (Fsp3) is 0.263. The molecule has 1 aliphatic rings. The van der Waals surface area contributed by atoms with Crippen LogP contribution < -0.4 is 0 Å². The zero-order valence-electron chi connectivity index (χ0n) is 13.4. The highest BCUT2D eigenvalue weighted by Gasteiger charge is 2.33. The van der Waals surface area contributed by atoms with Crippen molar-refractivity contribution in [3.8, 4) is 0 Å². The van der Waals surface area contributed by atoms with Gasteiger partial charge in [-0.3, -0.25) is 4.79 Å². The van der Waals surface area contributed by atoms with Crippen molar-refractivity contribution in [1.29, 1.82) is 0 Å². The van der Waals surface area contributed by atoms with E-state index >= 15 is 0 Å². The minimum atomic E-state index is 0.143. The highest BCUT2D eigenvalue weighted by atomic mass is 32.1. The summed E-state index contributed by atoms with van der Waals surface area (Å²) in [7, 11) is 0. The maximum atomic E-state index is 12.4. The summed E-state index contributed by atoms with van der Waals surface area (Å²) in [6.07, 6.45) is 2.42. The molecule has 3 heterocycles. The zero-order valence-corrected chi connectivity index (χ0v) is 14.2. The van der Waals surface area contributed by atoms with Crippen molar-refractivity contribution in [2.75, 3.05) is 6.54 Å². The summed E-state index contributed by atoms with van der Waals surface area (Å²) in [5, 5.41) is 2.05. The van der Waals surface area contributed by atoms with Crippen molar-refractivity contribution in [3.05, 3.63) is 65.1 Å². The van der Waals surface area contributed by atoms with Crippen LogP contribution in [-0.2, 0) is 17.9 Å². The smallest absolute Gasteiger partial charge is 0.223 e. The molecule has 5 heteroatoms. The largest absolute Gasteiger partial charge is 0.337 e. The van der Waals surface area contributed by atoms with Gasteiger partial charge in [-0.2, -0.15) is 0 Å². The Morgan fingerprint density at radius 2 is 2.17 bits per heavy atom. The number of amides is 1. The van der Waals surface area contributed by atoms with Gasteiger partial charge in [-0.1, -0.05) is 24.3 Å². The molecule has 1 fully saturated rings. The molecule has 1 aliphatic heterocycles. The Hall–Kier alpha value is -2.40. The third-order valence-corrected chi connectivity index (χ3v) is 5.36. The van der Waals surface area contributed by atoms with Gasteiger partial charge in [-0.15, -0.1) is 17.9 Å². The summed E-state index contributed by atoms with van der Waals surface area (Å²) in [6, 6.07) is 12.2. The first-order valence-electron chi connectivity index (χ1n) is 8.12. The number of imidazole rings is 1. The van der Waals surface area contributed by atoms with E-state index in [1.165, 1.54) is 4.88 Å².